The summed E-state index contributed by atoms with van der Waals surface area (Å²) in [6.45, 7) is 0. The zero-order valence-corrected chi connectivity index (χ0v) is 16.1. The molecule has 26 heavy (non-hydrogen) atoms. The number of anilines is 1. The van der Waals surface area contributed by atoms with Crippen molar-refractivity contribution in [3.8, 4) is 0 Å². The van der Waals surface area contributed by atoms with Crippen molar-refractivity contribution in [2.45, 2.75) is 3.93 Å². The minimum Gasteiger partial charge on any atom is -0.281 e. The molecule has 0 spiro atoms. The van der Waals surface area contributed by atoms with Crippen LogP contribution in [0.4, 0.5) is 14.6 Å². The van der Waals surface area contributed by atoms with Crippen LogP contribution in [0, 0.1) is 0 Å². The third-order valence-electron chi connectivity index (χ3n) is 3.43. The zero-order valence-electron chi connectivity index (χ0n) is 13.1. The highest BCUT2D eigenvalue weighted by atomic mass is 127. The maximum atomic E-state index is 14.0. The second-order valence-corrected chi connectivity index (χ2v) is 7.68. The number of fused-ring (bicyclic) bond motifs is 1. The highest BCUT2D eigenvalue weighted by Gasteiger charge is 2.33. The van der Waals surface area contributed by atoms with Gasteiger partial charge in [-0.15, -0.1) is 0 Å². The van der Waals surface area contributed by atoms with Gasteiger partial charge in [-0.25, -0.2) is 9.97 Å². The fourth-order valence-electron chi connectivity index (χ4n) is 2.15. The molecule has 1 heterocycles. The summed E-state index contributed by atoms with van der Waals surface area (Å²) in [4.78, 5) is 20.0. The summed E-state index contributed by atoms with van der Waals surface area (Å²) >= 11 is 4.11. The average Bonchev–Trinajstić information content (AvgIpc) is 2.66. The van der Waals surface area contributed by atoms with E-state index in [9.17, 15) is 13.6 Å². The second-order valence-electron chi connectivity index (χ2n) is 5.13. The fraction of sp³-hybridized carbons (Fsp3) is 0.0588. The Hall–Kier alpha value is -2.20. The van der Waals surface area contributed by atoms with Crippen LogP contribution in [0.1, 0.15) is 16.2 Å². The van der Waals surface area contributed by atoms with Crippen LogP contribution >= 0.6 is 32.3 Å². The van der Waals surface area contributed by atoms with E-state index in [2.05, 4.69) is 25.3 Å². The Morgan fingerprint density at radius 3 is 2.50 bits per heavy atom. The van der Waals surface area contributed by atoms with Gasteiger partial charge in [0.15, 0.2) is 5.82 Å². The molecule has 0 aliphatic rings. The van der Waals surface area contributed by atoms with Crippen molar-refractivity contribution in [3.63, 3.8) is 0 Å². The number of hydrazine groups is 1. The van der Waals surface area contributed by atoms with Gasteiger partial charge in [-0.3, -0.25) is 15.6 Å². The minimum absolute atomic E-state index is 0.0880. The molecule has 3 rings (SSSR count). The van der Waals surface area contributed by atoms with E-state index >= 15 is 0 Å². The molecule has 134 valence electrons. The van der Waals surface area contributed by atoms with Gasteiger partial charge in [0, 0.05) is 16.0 Å². The number of hydrogen-bond donors (Lipinski definition) is 2. The van der Waals surface area contributed by atoms with Crippen molar-refractivity contribution in [3.05, 3.63) is 64.9 Å². The van der Waals surface area contributed by atoms with E-state index in [4.69, 9.17) is 11.6 Å². The zero-order chi connectivity index (χ0) is 18.7. The van der Waals surface area contributed by atoms with Gasteiger partial charge < -0.3 is 0 Å². The molecule has 1 amide bonds. The van der Waals surface area contributed by atoms with Gasteiger partial charge in [0.25, 0.3) is 5.91 Å². The van der Waals surface area contributed by atoms with E-state index in [1.165, 1.54) is 0 Å². The molecule has 5 nitrogen and oxygen atoms in total. The predicted octanol–water partition coefficient (Wildman–Crippen LogP) is 4.49. The first-order chi connectivity index (χ1) is 12.4. The summed E-state index contributed by atoms with van der Waals surface area (Å²) in [6, 6.07) is 12.9. The monoisotopic (exact) mass is 488 g/mol. The predicted molar refractivity (Wildman–Crippen MR) is 107 cm³/mol. The quantitative estimate of drug-likeness (QED) is 0.315. The van der Waals surface area contributed by atoms with Gasteiger partial charge >= 0.3 is 3.93 Å². The van der Waals surface area contributed by atoms with Gasteiger partial charge in [-0.05, 0) is 57.1 Å². The molecular formula is C17H12ClF2IN4O. The first-order valence-electron chi connectivity index (χ1n) is 7.27. The molecule has 0 aliphatic carbocycles. The number of amides is 1. The normalized spacial score (nSPS) is 11.3. The van der Waals surface area contributed by atoms with Crippen molar-refractivity contribution in [2.24, 2.45) is 0 Å². The molecular weight excluding hydrogens is 477 g/mol. The number of nitrogens with zero attached hydrogens (tertiary/aromatic N) is 2. The Balaban J connectivity index is 1.92. The number of aromatic nitrogens is 2. The lowest BCUT2D eigenvalue weighted by Gasteiger charge is -2.14. The van der Waals surface area contributed by atoms with Gasteiger partial charge in [0.1, 0.15) is 0 Å². The molecule has 2 aromatic carbocycles. The number of hydrogen-bond acceptors (Lipinski definition) is 4. The summed E-state index contributed by atoms with van der Waals surface area (Å²) in [5.74, 6) is -0.977. The number of nitrogens with one attached hydrogen (secondary N) is 2. The third-order valence-corrected chi connectivity index (χ3v) is 5.12. The average molecular weight is 489 g/mol. The molecule has 3 aromatic rings. The van der Waals surface area contributed by atoms with Gasteiger partial charge in [-0.2, -0.15) is 8.78 Å². The molecule has 9 heteroatoms. The first kappa shape index (κ1) is 18.6. The summed E-state index contributed by atoms with van der Waals surface area (Å²) in [6.07, 6.45) is 0. The maximum absolute atomic E-state index is 14.0. The Morgan fingerprint density at radius 1 is 1.12 bits per heavy atom. The Kier molecular flexibility index (Phi) is 5.42. The molecule has 0 aliphatic heterocycles. The number of benzene rings is 2. The van der Waals surface area contributed by atoms with Crippen LogP contribution in [0.25, 0.3) is 10.9 Å². The second kappa shape index (κ2) is 7.58. The van der Waals surface area contributed by atoms with Crippen LogP contribution in [-0.2, 0) is 3.93 Å². The van der Waals surface area contributed by atoms with Gasteiger partial charge in [-0.1, -0.05) is 28.2 Å². The highest BCUT2D eigenvalue weighted by Crippen LogP contribution is 2.37. The molecule has 0 saturated carbocycles. The lowest BCUT2D eigenvalue weighted by Crippen LogP contribution is -2.30. The van der Waals surface area contributed by atoms with Crippen LogP contribution in [-0.4, -0.2) is 20.4 Å². The van der Waals surface area contributed by atoms with E-state index in [1.807, 2.05) is 0 Å². The van der Waals surface area contributed by atoms with Crippen LogP contribution in [0.2, 0.25) is 5.02 Å². The molecule has 0 atom stereocenters. The third kappa shape index (κ3) is 3.96. The summed E-state index contributed by atoms with van der Waals surface area (Å²) in [7, 11) is 0. The number of halogens is 4. The summed E-state index contributed by atoms with van der Waals surface area (Å²) in [5.41, 5.74) is 5.76. The van der Waals surface area contributed by atoms with Crippen molar-refractivity contribution >= 4 is 59.5 Å². The van der Waals surface area contributed by atoms with Crippen molar-refractivity contribution in [2.75, 3.05) is 5.43 Å². The number of carbonyl (C=O) groups excluding carboxylic acids is 1. The number of alkyl halides is 3. The molecule has 0 bridgehead atoms. The molecule has 2 N–H and O–H groups in total. The molecule has 1 aromatic heterocycles. The smallest absolute Gasteiger partial charge is 0.281 e. The Labute approximate surface area is 162 Å². The van der Waals surface area contributed by atoms with Crippen molar-refractivity contribution in [1.82, 2.24) is 15.4 Å². The van der Waals surface area contributed by atoms with Crippen LogP contribution < -0.4 is 10.9 Å². The van der Waals surface area contributed by atoms with E-state index in [1.54, 1.807) is 48.5 Å². The molecule has 0 radical (unpaired) electrons. The van der Waals surface area contributed by atoms with Gasteiger partial charge in [0.2, 0.25) is 5.82 Å². The largest absolute Gasteiger partial charge is 0.349 e. The Morgan fingerprint density at radius 2 is 1.81 bits per heavy atom. The van der Waals surface area contributed by atoms with Crippen molar-refractivity contribution < 1.29 is 13.6 Å². The topological polar surface area (TPSA) is 66.9 Å². The standard InChI is InChI=1S/C17H12ClF2IN4O/c1-21-17(19,20)16-22-13-5-3-2-4-12(13)14(23-16)24-25-15(26)10-6-8-11(18)9-7-10/h2-9H,1H2,(H,25,26)(H,22,23,24). The summed E-state index contributed by atoms with van der Waals surface area (Å²) in [5, 5.41) is 1.00. The molecule has 0 unspecified atom stereocenters. The van der Waals surface area contributed by atoms with E-state index in [0.717, 1.165) is 0 Å². The molecule has 0 fully saturated rings. The SMILES string of the molecule is C=IC(F)(F)c1nc(NNC(=O)c2ccc(Cl)cc2)c2ccccc2n1. The summed E-state index contributed by atoms with van der Waals surface area (Å²) < 4.78 is 28.2. The maximum Gasteiger partial charge on any atom is 0.349 e. The lowest BCUT2D eigenvalue weighted by atomic mass is 10.2. The highest BCUT2D eigenvalue weighted by molar-refractivity contribution is 14.2. The van der Waals surface area contributed by atoms with E-state index in [0.29, 0.717) is 21.5 Å². The Bertz CT molecular complexity index is 982. The van der Waals surface area contributed by atoms with Crippen molar-refractivity contribution in [1.29, 1.82) is 0 Å². The van der Waals surface area contributed by atoms with Crippen LogP contribution in [0.5, 0.6) is 0 Å². The number of para-hydroxylation sites is 1. The van der Waals surface area contributed by atoms with Crippen LogP contribution in [0.3, 0.4) is 0 Å². The minimum atomic E-state index is -3.17. The lowest BCUT2D eigenvalue weighted by molar-refractivity contribution is 0.0962. The number of carbonyl (C=O) groups is 1. The number of rotatable bonds is 5. The van der Waals surface area contributed by atoms with E-state index < -0.39 is 36.4 Å². The van der Waals surface area contributed by atoms with Gasteiger partial charge in [0.05, 0.1) is 5.52 Å². The van der Waals surface area contributed by atoms with E-state index in [-0.39, 0.29) is 5.82 Å². The van der Waals surface area contributed by atoms with Crippen LogP contribution in [0.15, 0.2) is 48.5 Å². The fourth-order valence-corrected chi connectivity index (χ4v) is 2.86. The first-order valence-corrected chi connectivity index (χ1v) is 10.3. The molecule has 0 saturated heterocycles.